The van der Waals surface area contributed by atoms with Gasteiger partial charge in [-0.25, -0.2) is 4.98 Å². The summed E-state index contributed by atoms with van der Waals surface area (Å²) in [6, 6.07) is 22.5. The van der Waals surface area contributed by atoms with Gasteiger partial charge in [0.25, 0.3) is 5.56 Å². The highest BCUT2D eigenvalue weighted by Crippen LogP contribution is 2.22. The van der Waals surface area contributed by atoms with Crippen molar-refractivity contribution in [3.8, 4) is 5.75 Å². The molecule has 4 aromatic rings. The van der Waals surface area contributed by atoms with Gasteiger partial charge in [-0.1, -0.05) is 60.7 Å². The van der Waals surface area contributed by atoms with E-state index in [4.69, 9.17) is 0 Å². The zero-order valence-electron chi connectivity index (χ0n) is 18.0. The SMILES string of the molecule is O=C(/C=C/c1ccccc1OC(F)F)N(Cc1ccccc1)Cc1nc2ccccc2c(=O)[nH]1. The maximum atomic E-state index is 13.1. The maximum Gasteiger partial charge on any atom is 0.387 e. The monoisotopic (exact) mass is 461 g/mol. The molecule has 6 nitrogen and oxygen atoms in total. The van der Waals surface area contributed by atoms with E-state index in [9.17, 15) is 18.4 Å². The van der Waals surface area contributed by atoms with Crippen molar-refractivity contribution < 1.29 is 18.3 Å². The van der Waals surface area contributed by atoms with Crippen molar-refractivity contribution in [2.75, 3.05) is 0 Å². The highest BCUT2D eigenvalue weighted by molar-refractivity contribution is 5.92. The van der Waals surface area contributed by atoms with Crippen LogP contribution < -0.4 is 10.3 Å². The summed E-state index contributed by atoms with van der Waals surface area (Å²) in [6.45, 7) is -2.67. The van der Waals surface area contributed by atoms with E-state index in [1.54, 1.807) is 42.5 Å². The number of amides is 1. The average Bonchev–Trinajstić information content (AvgIpc) is 2.83. The lowest BCUT2D eigenvalue weighted by atomic mass is 10.1. The first-order valence-corrected chi connectivity index (χ1v) is 10.5. The van der Waals surface area contributed by atoms with Gasteiger partial charge in [0.1, 0.15) is 11.6 Å². The van der Waals surface area contributed by atoms with Crippen molar-refractivity contribution in [2.45, 2.75) is 19.7 Å². The van der Waals surface area contributed by atoms with Crippen LogP contribution in [0.1, 0.15) is 17.0 Å². The molecule has 34 heavy (non-hydrogen) atoms. The van der Waals surface area contributed by atoms with Gasteiger partial charge < -0.3 is 14.6 Å². The first-order chi connectivity index (χ1) is 16.5. The normalized spacial score (nSPS) is 11.3. The van der Waals surface area contributed by atoms with Crippen LogP contribution in [0.4, 0.5) is 8.78 Å². The molecule has 8 heteroatoms. The zero-order chi connectivity index (χ0) is 23.9. The van der Waals surface area contributed by atoms with Gasteiger partial charge >= 0.3 is 6.61 Å². The number of carbonyl (C=O) groups excluding carboxylic acids is 1. The van der Waals surface area contributed by atoms with Gasteiger partial charge in [-0.15, -0.1) is 0 Å². The summed E-state index contributed by atoms with van der Waals surface area (Å²) >= 11 is 0. The van der Waals surface area contributed by atoms with Crippen LogP contribution >= 0.6 is 0 Å². The molecule has 1 amide bonds. The Morgan fingerprint density at radius 1 is 0.971 bits per heavy atom. The minimum absolute atomic E-state index is 0.0308. The van der Waals surface area contributed by atoms with Crippen LogP contribution in [0.25, 0.3) is 17.0 Å². The van der Waals surface area contributed by atoms with E-state index in [-0.39, 0.29) is 30.3 Å². The third-order valence-electron chi connectivity index (χ3n) is 5.07. The number of nitrogens with zero attached hydrogens (tertiary/aromatic N) is 2. The number of para-hydroxylation sites is 2. The Morgan fingerprint density at radius 3 is 2.47 bits per heavy atom. The first-order valence-electron chi connectivity index (χ1n) is 10.5. The number of H-pyrrole nitrogens is 1. The molecule has 1 heterocycles. The van der Waals surface area contributed by atoms with Crippen molar-refractivity contribution in [3.63, 3.8) is 0 Å². The Hall–Kier alpha value is -4.33. The lowest BCUT2D eigenvalue weighted by molar-refractivity contribution is -0.127. The molecule has 0 aliphatic carbocycles. The first kappa shape index (κ1) is 22.8. The summed E-state index contributed by atoms with van der Waals surface area (Å²) in [4.78, 5) is 34.3. The highest BCUT2D eigenvalue weighted by Gasteiger charge is 2.15. The molecule has 0 saturated heterocycles. The standard InChI is InChI=1S/C26H21F2N3O3/c27-26(28)34-22-13-7-4-10-19(22)14-15-24(32)31(16-18-8-2-1-3-9-18)17-23-29-21-12-6-5-11-20(21)25(33)30-23/h1-15,26H,16-17H2,(H,29,30,33)/b15-14+. The van der Waals surface area contributed by atoms with Crippen molar-refractivity contribution in [3.05, 3.63) is 112 Å². The second kappa shape index (κ2) is 10.5. The Balaban J connectivity index is 1.62. The van der Waals surface area contributed by atoms with Crippen molar-refractivity contribution in [1.29, 1.82) is 0 Å². The molecule has 4 rings (SSSR count). The quantitative estimate of drug-likeness (QED) is 0.384. The van der Waals surface area contributed by atoms with Crippen LogP contribution in [0.15, 0.2) is 89.7 Å². The Labute approximate surface area is 194 Å². The van der Waals surface area contributed by atoms with Gasteiger partial charge in [0.05, 0.1) is 17.4 Å². The number of carbonyl (C=O) groups is 1. The maximum absolute atomic E-state index is 13.1. The Morgan fingerprint density at radius 2 is 1.68 bits per heavy atom. The van der Waals surface area contributed by atoms with E-state index in [0.717, 1.165) is 5.56 Å². The minimum atomic E-state index is -2.98. The molecule has 0 atom stereocenters. The molecule has 0 spiro atoms. The number of aromatic amines is 1. The van der Waals surface area contributed by atoms with E-state index in [0.29, 0.717) is 22.3 Å². The number of aromatic nitrogens is 2. The largest absolute Gasteiger partial charge is 0.434 e. The molecule has 3 aromatic carbocycles. The summed E-state index contributed by atoms with van der Waals surface area (Å²) < 4.78 is 29.9. The minimum Gasteiger partial charge on any atom is -0.434 e. The van der Waals surface area contributed by atoms with Gasteiger partial charge in [0.15, 0.2) is 0 Å². The Kier molecular flexibility index (Phi) is 7.07. The van der Waals surface area contributed by atoms with Gasteiger partial charge in [-0.2, -0.15) is 8.78 Å². The van der Waals surface area contributed by atoms with Crippen LogP contribution in [-0.4, -0.2) is 27.4 Å². The summed E-state index contributed by atoms with van der Waals surface area (Å²) in [6.07, 6.45) is 2.71. The van der Waals surface area contributed by atoms with E-state index < -0.39 is 6.61 Å². The average molecular weight is 461 g/mol. The van der Waals surface area contributed by atoms with Crippen LogP contribution in [0.3, 0.4) is 0 Å². The van der Waals surface area contributed by atoms with Crippen molar-refractivity contribution >= 4 is 22.9 Å². The van der Waals surface area contributed by atoms with E-state index in [1.165, 1.54) is 23.1 Å². The highest BCUT2D eigenvalue weighted by atomic mass is 19.3. The van der Waals surface area contributed by atoms with Gasteiger partial charge in [-0.05, 0) is 29.8 Å². The number of alkyl halides is 2. The van der Waals surface area contributed by atoms with Crippen LogP contribution in [0, 0.1) is 0 Å². The lowest BCUT2D eigenvalue weighted by Gasteiger charge is -2.21. The summed E-state index contributed by atoms with van der Waals surface area (Å²) in [5.41, 5.74) is 1.46. The molecule has 0 radical (unpaired) electrons. The van der Waals surface area contributed by atoms with E-state index in [2.05, 4.69) is 14.7 Å². The molecule has 0 saturated carbocycles. The molecule has 1 aromatic heterocycles. The third kappa shape index (κ3) is 5.72. The number of rotatable bonds is 8. The number of ether oxygens (including phenoxy) is 1. The van der Waals surface area contributed by atoms with Gasteiger partial charge in [0.2, 0.25) is 5.91 Å². The number of fused-ring (bicyclic) bond motifs is 1. The fraction of sp³-hybridized carbons (Fsp3) is 0.115. The number of hydrogen-bond acceptors (Lipinski definition) is 4. The molecule has 172 valence electrons. The smallest absolute Gasteiger partial charge is 0.387 e. The number of hydrogen-bond donors (Lipinski definition) is 1. The number of nitrogens with one attached hydrogen (secondary N) is 1. The zero-order valence-corrected chi connectivity index (χ0v) is 18.0. The second-order valence-corrected chi connectivity index (χ2v) is 7.46. The fourth-order valence-electron chi connectivity index (χ4n) is 3.49. The summed E-state index contributed by atoms with van der Waals surface area (Å²) in [5, 5.41) is 0.461. The number of halogens is 2. The van der Waals surface area contributed by atoms with Crippen molar-refractivity contribution in [2.24, 2.45) is 0 Å². The lowest BCUT2D eigenvalue weighted by Crippen LogP contribution is -2.30. The molecule has 0 bridgehead atoms. The second-order valence-electron chi connectivity index (χ2n) is 7.46. The Bertz CT molecular complexity index is 1370. The summed E-state index contributed by atoms with van der Waals surface area (Å²) in [7, 11) is 0. The molecular formula is C26H21F2N3O3. The molecule has 0 unspecified atom stereocenters. The van der Waals surface area contributed by atoms with Crippen molar-refractivity contribution in [1.82, 2.24) is 14.9 Å². The molecule has 0 fully saturated rings. The topological polar surface area (TPSA) is 75.3 Å². The van der Waals surface area contributed by atoms with Gasteiger partial charge in [0, 0.05) is 18.2 Å². The molecular weight excluding hydrogens is 440 g/mol. The predicted octanol–water partition coefficient (Wildman–Crippen LogP) is 4.77. The molecule has 1 N–H and O–H groups in total. The number of benzene rings is 3. The van der Waals surface area contributed by atoms with Gasteiger partial charge in [-0.3, -0.25) is 9.59 Å². The molecule has 0 aliphatic rings. The third-order valence-corrected chi connectivity index (χ3v) is 5.07. The van der Waals surface area contributed by atoms with Crippen LogP contribution in [-0.2, 0) is 17.9 Å². The predicted molar refractivity (Wildman–Crippen MR) is 125 cm³/mol. The molecule has 0 aliphatic heterocycles. The van der Waals surface area contributed by atoms with Crippen LogP contribution in [0.2, 0.25) is 0 Å². The summed E-state index contributed by atoms with van der Waals surface area (Å²) in [5.74, 6) is -0.0778. The van der Waals surface area contributed by atoms with E-state index >= 15 is 0 Å². The fourth-order valence-corrected chi connectivity index (χ4v) is 3.49. The van der Waals surface area contributed by atoms with E-state index in [1.807, 2.05) is 30.3 Å². The van der Waals surface area contributed by atoms with Crippen LogP contribution in [0.5, 0.6) is 5.75 Å².